The number of fused-ring (bicyclic) bond motifs is 12. The summed E-state index contributed by atoms with van der Waals surface area (Å²) >= 11 is 0. The van der Waals surface area contributed by atoms with E-state index in [-0.39, 0.29) is 0 Å². The molecule has 0 radical (unpaired) electrons. The van der Waals surface area contributed by atoms with Crippen LogP contribution in [0.3, 0.4) is 0 Å². The van der Waals surface area contributed by atoms with E-state index in [0.29, 0.717) is 0 Å². The molecule has 0 saturated heterocycles. The third kappa shape index (κ3) is 6.51. The van der Waals surface area contributed by atoms with Crippen molar-refractivity contribution in [3.63, 3.8) is 0 Å². The Morgan fingerprint density at radius 3 is 0.292 bits per heavy atom. The monoisotopic (exact) mass is 612 g/mol. The van der Waals surface area contributed by atoms with Gasteiger partial charge in [-0.3, -0.25) is 0 Å². The van der Waals surface area contributed by atoms with Gasteiger partial charge in [0.2, 0.25) is 0 Å². The van der Waals surface area contributed by atoms with E-state index in [4.69, 9.17) is 0 Å². The van der Waals surface area contributed by atoms with Gasteiger partial charge in [0.1, 0.15) is 0 Å². The first kappa shape index (κ1) is 30.4. The Morgan fingerprint density at radius 1 is 0.125 bits per heavy atom. The van der Waals surface area contributed by atoms with Crippen molar-refractivity contribution in [2.24, 2.45) is 0 Å². The normalized spacial score (nSPS) is 12.5. The van der Waals surface area contributed by atoms with E-state index in [2.05, 4.69) is 146 Å². The lowest BCUT2D eigenvalue weighted by Crippen LogP contribution is -1.96. The lowest BCUT2D eigenvalue weighted by atomic mass is 9.81. The van der Waals surface area contributed by atoms with Crippen LogP contribution in [0.4, 0.5) is 0 Å². The first-order chi connectivity index (χ1) is 23.9. The average Bonchev–Trinajstić information content (AvgIpc) is 3.14. The molecule has 0 atom stereocenters. The first-order valence-electron chi connectivity index (χ1n) is 16.5. The SMILES string of the molecule is C1=CC=CC=CC=CC=CC=C1.c1ccc2c(c1)-c1ccccc1-2.c1ccc2c(c1)-c1ccccc1-c1ccccc1-c1ccccc1-2. The Balaban J connectivity index is 0.000000127. The van der Waals surface area contributed by atoms with Crippen molar-refractivity contribution in [1.82, 2.24) is 0 Å². The van der Waals surface area contributed by atoms with Crippen molar-refractivity contribution >= 4 is 0 Å². The zero-order chi connectivity index (χ0) is 32.4. The quantitative estimate of drug-likeness (QED) is 0.160. The van der Waals surface area contributed by atoms with Crippen LogP contribution in [0.15, 0.2) is 219 Å². The van der Waals surface area contributed by atoms with Crippen molar-refractivity contribution in [2.45, 2.75) is 0 Å². The highest BCUT2D eigenvalue weighted by Gasteiger charge is 2.21. The topological polar surface area (TPSA) is 0 Å². The number of hydrogen-bond acceptors (Lipinski definition) is 0. The van der Waals surface area contributed by atoms with Crippen molar-refractivity contribution in [3.05, 3.63) is 219 Å². The Labute approximate surface area is 284 Å². The maximum atomic E-state index is 2.24. The molecule has 6 aromatic carbocycles. The van der Waals surface area contributed by atoms with Crippen LogP contribution in [0.1, 0.15) is 0 Å². The Hall–Kier alpha value is -6.24. The predicted octanol–water partition coefficient (Wildman–Crippen LogP) is 13.3. The molecule has 0 amide bonds. The summed E-state index contributed by atoms with van der Waals surface area (Å²) < 4.78 is 0. The summed E-state index contributed by atoms with van der Waals surface area (Å²) in [5.74, 6) is 0. The van der Waals surface area contributed by atoms with Crippen molar-refractivity contribution in [3.8, 4) is 66.8 Å². The van der Waals surface area contributed by atoms with Crippen LogP contribution in [0.25, 0.3) is 66.8 Å². The number of rotatable bonds is 0. The summed E-state index contributed by atoms with van der Waals surface area (Å²) in [5, 5.41) is 0. The fourth-order valence-corrected chi connectivity index (χ4v) is 6.42. The van der Waals surface area contributed by atoms with E-state index in [0.717, 1.165) is 0 Å². The van der Waals surface area contributed by atoms with Crippen LogP contribution in [0.5, 0.6) is 0 Å². The molecule has 0 saturated carbocycles. The largest absolute Gasteiger partial charge is 0.0623 e. The summed E-state index contributed by atoms with van der Waals surface area (Å²) in [6.45, 7) is 0. The van der Waals surface area contributed by atoms with Crippen molar-refractivity contribution < 1.29 is 0 Å². The first-order valence-corrected chi connectivity index (χ1v) is 16.5. The van der Waals surface area contributed by atoms with Gasteiger partial charge in [-0.2, -0.15) is 0 Å². The molecule has 0 aliphatic heterocycles. The third-order valence-electron chi connectivity index (χ3n) is 8.64. The van der Waals surface area contributed by atoms with Crippen LogP contribution in [-0.2, 0) is 0 Å². The van der Waals surface area contributed by atoms with Gasteiger partial charge in [0.25, 0.3) is 0 Å². The minimum atomic E-state index is 1.30. The molecule has 0 heteroatoms. The van der Waals surface area contributed by atoms with Gasteiger partial charge in [-0.1, -0.05) is 219 Å². The van der Waals surface area contributed by atoms with E-state index < -0.39 is 0 Å². The van der Waals surface area contributed by atoms with E-state index in [1.165, 1.54) is 66.8 Å². The molecule has 3 aliphatic carbocycles. The van der Waals surface area contributed by atoms with Gasteiger partial charge < -0.3 is 0 Å². The minimum absolute atomic E-state index is 1.30. The lowest BCUT2D eigenvalue weighted by Gasteiger charge is -2.22. The minimum Gasteiger partial charge on any atom is -0.0623 e. The molecule has 9 rings (SSSR count). The van der Waals surface area contributed by atoms with Crippen LogP contribution in [-0.4, -0.2) is 0 Å². The third-order valence-corrected chi connectivity index (χ3v) is 8.64. The van der Waals surface area contributed by atoms with E-state index in [1.54, 1.807) is 0 Å². The van der Waals surface area contributed by atoms with Crippen LogP contribution in [0.2, 0.25) is 0 Å². The smallest absolute Gasteiger partial charge is 0.00990 e. The predicted molar refractivity (Wildman–Crippen MR) is 207 cm³/mol. The summed E-state index contributed by atoms with van der Waals surface area (Å²) in [6, 6.07) is 52.0. The summed E-state index contributed by atoms with van der Waals surface area (Å²) in [5.41, 5.74) is 16.0. The highest BCUT2D eigenvalue weighted by molar-refractivity contribution is 6.03. The molecule has 0 unspecified atom stereocenters. The summed E-state index contributed by atoms with van der Waals surface area (Å²) in [6.07, 6.45) is 24.0. The molecule has 0 spiro atoms. The molecule has 6 aromatic rings. The zero-order valence-electron chi connectivity index (χ0n) is 26.8. The fourth-order valence-electron chi connectivity index (χ4n) is 6.42. The van der Waals surface area contributed by atoms with E-state index in [9.17, 15) is 0 Å². The number of hydrogen-bond donors (Lipinski definition) is 0. The van der Waals surface area contributed by atoms with Gasteiger partial charge in [-0.25, -0.2) is 0 Å². The van der Waals surface area contributed by atoms with Gasteiger partial charge in [-0.15, -0.1) is 0 Å². The van der Waals surface area contributed by atoms with Gasteiger partial charge in [-0.05, 0) is 66.8 Å². The van der Waals surface area contributed by atoms with Crippen molar-refractivity contribution in [1.29, 1.82) is 0 Å². The second-order valence-electron chi connectivity index (χ2n) is 11.6. The summed E-state index contributed by atoms with van der Waals surface area (Å²) in [4.78, 5) is 0. The zero-order valence-corrected chi connectivity index (χ0v) is 26.8. The van der Waals surface area contributed by atoms with Gasteiger partial charge >= 0.3 is 0 Å². The number of benzene rings is 6. The molecule has 3 aliphatic rings. The van der Waals surface area contributed by atoms with Gasteiger partial charge in [0.15, 0.2) is 0 Å². The average molecular weight is 613 g/mol. The molecule has 0 aromatic heterocycles. The van der Waals surface area contributed by atoms with Crippen LogP contribution in [0, 0.1) is 0 Å². The lowest BCUT2D eigenvalue weighted by molar-refractivity contribution is 1.52. The van der Waals surface area contributed by atoms with Crippen LogP contribution < -0.4 is 0 Å². The second kappa shape index (κ2) is 14.9. The molecule has 0 nitrogen and oxygen atoms in total. The molecular weight excluding hydrogens is 577 g/mol. The molecule has 228 valence electrons. The van der Waals surface area contributed by atoms with Gasteiger partial charge in [0.05, 0.1) is 0 Å². The molecule has 0 bridgehead atoms. The highest BCUT2D eigenvalue weighted by atomic mass is 14.2. The maximum absolute atomic E-state index is 2.24. The molecular formula is C48H36. The van der Waals surface area contributed by atoms with E-state index >= 15 is 0 Å². The molecule has 0 fully saturated rings. The Morgan fingerprint density at radius 2 is 0.208 bits per heavy atom. The molecule has 48 heavy (non-hydrogen) atoms. The maximum Gasteiger partial charge on any atom is -0.00990 e. The highest BCUT2D eigenvalue weighted by Crippen LogP contribution is 2.47. The van der Waals surface area contributed by atoms with E-state index in [1.807, 2.05) is 72.9 Å². The van der Waals surface area contributed by atoms with Crippen molar-refractivity contribution in [2.75, 3.05) is 0 Å². The van der Waals surface area contributed by atoms with Gasteiger partial charge in [0, 0.05) is 0 Å². The Kier molecular flexibility index (Phi) is 9.44. The number of allylic oxidation sites excluding steroid dienone is 12. The fraction of sp³-hybridized carbons (Fsp3) is 0. The Bertz CT molecular complexity index is 1740. The standard InChI is InChI=1S/C24H16.C12H8.C12H12/c1-2-10-18-17(9-1)19-11-3-4-13-21(19)23-15-7-8-16-24(23)22-14-6-5-12-20(18)22;1-2-6-10-9(5-1)11-7-3-4-8-12(10)11;1-2-4-6-8-10-12-11-9-7-5-3-1/h1-16H;1-8H;1-12H. The second-order valence-corrected chi connectivity index (χ2v) is 11.6. The molecule has 0 N–H and O–H groups in total. The summed E-state index contributed by atoms with van der Waals surface area (Å²) in [7, 11) is 0. The molecule has 0 heterocycles. The van der Waals surface area contributed by atoms with Crippen LogP contribution >= 0.6 is 0 Å².